The van der Waals surface area contributed by atoms with Crippen LogP contribution in [0.1, 0.15) is 18.9 Å². The van der Waals surface area contributed by atoms with E-state index in [0.29, 0.717) is 11.0 Å². The molecule has 1 aliphatic rings. The molecule has 0 saturated carbocycles. The summed E-state index contributed by atoms with van der Waals surface area (Å²) in [7, 11) is 3.41. The van der Waals surface area contributed by atoms with E-state index in [-0.39, 0.29) is 17.3 Å². The fourth-order valence-corrected chi connectivity index (χ4v) is 1.99. The molecule has 0 N–H and O–H groups in total. The Hall–Kier alpha value is -0.940. The van der Waals surface area contributed by atoms with Crippen LogP contribution in [0.2, 0.25) is 10.3 Å². The quantitative estimate of drug-likeness (QED) is 0.781. The van der Waals surface area contributed by atoms with Crippen LogP contribution in [0.5, 0.6) is 0 Å². The molecule has 88 valence electrons. The van der Waals surface area contributed by atoms with Gasteiger partial charge in [0.15, 0.2) is 17.1 Å². The zero-order valence-corrected chi connectivity index (χ0v) is 10.6. The highest BCUT2D eigenvalue weighted by atomic mass is 35.5. The van der Waals surface area contributed by atoms with Crippen molar-refractivity contribution in [1.29, 1.82) is 0 Å². The molecule has 7 heteroatoms. The van der Waals surface area contributed by atoms with E-state index in [1.54, 1.807) is 18.7 Å². The van der Waals surface area contributed by atoms with E-state index in [0.717, 1.165) is 0 Å². The summed E-state index contributed by atoms with van der Waals surface area (Å²) < 4.78 is 6.83. The van der Waals surface area contributed by atoms with Gasteiger partial charge in [0.25, 0.3) is 0 Å². The number of cyclic esters (lactones) is 1. The average molecular weight is 264 g/mol. The summed E-state index contributed by atoms with van der Waals surface area (Å²) in [6, 6.07) is -0.0965. The summed E-state index contributed by atoms with van der Waals surface area (Å²) in [5.74, 6) is 0.556. The first-order valence-electron chi connectivity index (χ1n) is 4.74. The van der Waals surface area contributed by atoms with Gasteiger partial charge in [0, 0.05) is 14.1 Å². The number of halogens is 2. The number of amides is 1. The molecule has 0 aromatic carbocycles. The predicted molar refractivity (Wildman–Crippen MR) is 59.7 cm³/mol. The minimum Gasteiger partial charge on any atom is -0.436 e. The van der Waals surface area contributed by atoms with E-state index in [2.05, 4.69) is 4.98 Å². The number of carbonyl (C=O) groups excluding carboxylic acids is 1. The molecule has 1 aliphatic heterocycles. The van der Waals surface area contributed by atoms with Gasteiger partial charge in [-0.15, -0.1) is 0 Å². The van der Waals surface area contributed by atoms with Crippen molar-refractivity contribution < 1.29 is 9.53 Å². The highest BCUT2D eigenvalue weighted by molar-refractivity contribution is 6.40. The molecule has 5 nitrogen and oxygen atoms in total. The molecule has 16 heavy (non-hydrogen) atoms. The first-order valence-corrected chi connectivity index (χ1v) is 5.50. The first-order chi connectivity index (χ1) is 7.43. The first kappa shape index (κ1) is 11.5. The summed E-state index contributed by atoms with van der Waals surface area (Å²) in [6.45, 7) is 1.88. The second kappa shape index (κ2) is 3.82. The summed E-state index contributed by atoms with van der Waals surface area (Å²) in [4.78, 5) is 17.0. The molecular weight excluding hydrogens is 253 g/mol. The van der Waals surface area contributed by atoms with Gasteiger partial charge in [-0.05, 0) is 6.92 Å². The topological polar surface area (TPSA) is 47.4 Å². The monoisotopic (exact) mass is 263 g/mol. The Bertz CT molecular complexity index is 446. The molecule has 0 bridgehead atoms. The van der Waals surface area contributed by atoms with Crippen molar-refractivity contribution in [2.45, 2.75) is 19.1 Å². The largest absolute Gasteiger partial charge is 0.436 e. The minimum atomic E-state index is -0.438. The smallest absolute Gasteiger partial charge is 0.410 e. The molecule has 1 aromatic heterocycles. The van der Waals surface area contributed by atoms with Crippen molar-refractivity contribution in [2.75, 3.05) is 7.05 Å². The molecule has 0 spiro atoms. The number of ether oxygens (including phenoxy) is 1. The molecule has 1 aromatic rings. The van der Waals surface area contributed by atoms with Crippen LogP contribution >= 0.6 is 23.2 Å². The lowest BCUT2D eigenvalue weighted by atomic mass is 10.2. The second-order valence-corrected chi connectivity index (χ2v) is 4.48. The van der Waals surface area contributed by atoms with E-state index in [1.165, 1.54) is 4.90 Å². The molecular formula is C9H11Cl2N3O2. The number of likely N-dealkylation sites (N-methyl/N-ethyl adjacent to an activating group) is 1. The summed E-state index contributed by atoms with van der Waals surface area (Å²) in [5, 5.41) is 0.562. The van der Waals surface area contributed by atoms with E-state index >= 15 is 0 Å². The lowest BCUT2D eigenvalue weighted by Crippen LogP contribution is -2.28. The van der Waals surface area contributed by atoms with Crippen LogP contribution in [0.4, 0.5) is 4.79 Å². The van der Waals surface area contributed by atoms with Gasteiger partial charge in [-0.3, -0.25) is 0 Å². The van der Waals surface area contributed by atoms with Gasteiger partial charge in [0.05, 0.1) is 6.04 Å². The number of nitrogens with zero attached hydrogens (tertiary/aromatic N) is 3. The van der Waals surface area contributed by atoms with Crippen molar-refractivity contribution in [1.82, 2.24) is 14.5 Å². The Morgan fingerprint density at radius 1 is 1.38 bits per heavy atom. The Kier molecular flexibility index (Phi) is 2.75. The standard InChI is InChI=1S/C9H11Cl2N3O2/c1-4-5(16-9(15)13(4)2)8-12-6(10)7(11)14(8)3/h4-5H,1-3H3/t4-,5-/m0/s1. The van der Waals surface area contributed by atoms with E-state index in [1.807, 2.05) is 6.92 Å². The Balaban J connectivity index is 2.39. The van der Waals surface area contributed by atoms with Crippen molar-refractivity contribution in [3.8, 4) is 0 Å². The van der Waals surface area contributed by atoms with Crippen LogP contribution in [0.25, 0.3) is 0 Å². The second-order valence-electron chi connectivity index (χ2n) is 3.77. The Morgan fingerprint density at radius 3 is 2.38 bits per heavy atom. The molecule has 1 fully saturated rings. The lowest BCUT2D eigenvalue weighted by molar-refractivity contribution is 0.126. The number of imidazole rings is 1. The van der Waals surface area contributed by atoms with Gasteiger partial charge in [0.2, 0.25) is 0 Å². The molecule has 2 heterocycles. The maximum absolute atomic E-state index is 11.4. The third-order valence-corrected chi connectivity index (χ3v) is 3.63. The van der Waals surface area contributed by atoms with Gasteiger partial charge in [-0.2, -0.15) is 0 Å². The zero-order chi connectivity index (χ0) is 12.0. The molecule has 0 unspecified atom stereocenters. The highest BCUT2D eigenvalue weighted by Crippen LogP contribution is 2.33. The highest BCUT2D eigenvalue weighted by Gasteiger charge is 2.40. The van der Waals surface area contributed by atoms with Gasteiger partial charge in [-0.1, -0.05) is 23.2 Å². The maximum atomic E-state index is 11.4. The average Bonchev–Trinajstić information content (AvgIpc) is 2.64. The molecule has 0 aliphatic carbocycles. The van der Waals surface area contributed by atoms with E-state index in [9.17, 15) is 4.79 Å². The number of hydrogen-bond acceptors (Lipinski definition) is 3. The van der Waals surface area contributed by atoms with Crippen molar-refractivity contribution >= 4 is 29.3 Å². The fourth-order valence-electron chi connectivity index (χ4n) is 1.64. The number of aromatic nitrogens is 2. The number of hydrogen-bond donors (Lipinski definition) is 0. The van der Waals surface area contributed by atoms with E-state index in [4.69, 9.17) is 27.9 Å². The van der Waals surface area contributed by atoms with Gasteiger partial charge in [0.1, 0.15) is 5.15 Å². The van der Waals surface area contributed by atoms with Gasteiger partial charge < -0.3 is 14.2 Å². The Morgan fingerprint density at radius 2 is 2.00 bits per heavy atom. The van der Waals surface area contributed by atoms with Crippen LogP contribution in [-0.2, 0) is 11.8 Å². The summed E-state index contributed by atoms with van der Waals surface area (Å²) in [6.07, 6.45) is -0.805. The number of carbonyl (C=O) groups is 1. The predicted octanol–water partition coefficient (Wildman–Crippen LogP) is 2.24. The van der Waals surface area contributed by atoms with Crippen LogP contribution in [0.3, 0.4) is 0 Å². The van der Waals surface area contributed by atoms with Crippen LogP contribution in [0.15, 0.2) is 0 Å². The van der Waals surface area contributed by atoms with Crippen LogP contribution in [-0.4, -0.2) is 33.6 Å². The normalized spacial score (nSPS) is 25.1. The molecule has 1 saturated heterocycles. The zero-order valence-electron chi connectivity index (χ0n) is 9.07. The molecule has 1 amide bonds. The van der Waals surface area contributed by atoms with Crippen molar-refractivity contribution in [2.24, 2.45) is 7.05 Å². The van der Waals surface area contributed by atoms with Crippen LogP contribution < -0.4 is 0 Å². The van der Waals surface area contributed by atoms with Crippen molar-refractivity contribution in [3.05, 3.63) is 16.1 Å². The lowest BCUT2D eigenvalue weighted by Gasteiger charge is -2.15. The van der Waals surface area contributed by atoms with Gasteiger partial charge >= 0.3 is 6.09 Å². The van der Waals surface area contributed by atoms with Gasteiger partial charge in [-0.25, -0.2) is 9.78 Å². The van der Waals surface area contributed by atoms with E-state index < -0.39 is 6.10 Å². The molecule has 0 radical (unpaired) electrons. The number of rotatable bonds is 1. The maximum Gasteiger partial charge on any atom is 0.410 e. The third kappa shape index (κ3) is 1.55. The Labute approximate surface area is 103 Å². The summed E-state index contributed by atoms with van der Waals surface area (Å²) >= 11 is 11.7. The minimum absolute atomic E-state index is 0.0965. The van der Waals surface area contributed by atoms with Crippen molar-refractivity contribution in [3.63, 3.8) is 0 Å². The molecule has 2 atom stereocenters. The SMILES string of the molecule is C[C@H]1[C@@H](c2nc(Cl)c(Cl)n2C)OC(=O)N1C. The molecule has 2 rings (SSSR count). The third-order valence-electron chi connectivity index (χ3n) is 2.84. The van der Waals surface area contributed by atoms with Crippen LogP contribution in [0, 0.1) is 0 Å². The fraction of sp³-hybridized carbons (Fsp3) is 0.556. The summed E-state index contributed by atoms with van der Waals surface area (Å²) in [5.41, 5.74) is 0.